The summed E-state index contributed by atoms with van der Waals surface area (Å²) in [5.41, 5.74) is 0. The number of carbonyl (C=O) groups excluding carboxylic acids is 1. The zero-order valence-electron chi connectivity index (χ0n) is 14.4. The van der Waals surface area contributed by atoms with E-state index in [9.17, 15) is 9.90 Å². The molecule has 0 aliphatic heterocycles. The highest BCUT2D eigenvalue weighted by Gasteiger charge is 2.12. The van der Waals surface area contributed by atoms with Crippen molar-refractivity contribution < 1.29 is 31.1 Å². The van der Waals surface area contributed by atoms with Crippen molar-refractivity contribution in [2.75, 3.05) is 0 Å². The summed E-state index contributed by atoms with van der Waals surface area (Å²) in [6, 6.07) is 21.4. The van der Waals surface area contributed by atoms with E-state index >= 15 is 0 Å². The molecular weight excluding hydrogens is 411 g/mol. The molecule has 0 saturated heterocycles. The van der Waals surface area contributed by atoms with Crippen molar-refractivity contribution in [2.45, 2.75) is 51.9 Å². The van der Waals surface area contributed by atoms with Gasteiger partial charge in [0.05, 0.1) is 0 Å². The van der Waals surface area contributed by atoms with Crippen LogP contribution in [-0.2, 0) is 4.79 Å². The minimum atomic E-state index is -0.916. The van der Waals surface area contributed by atoms with Crippen molar-refractivity contribution in [3.05, 3.63) is 67.8 Å². The van der Waals surface area contributed by atoms with Crippen LogP contribution in [0.5, 0.6) is 0 Å². The van der Waals surface area contributed by atoms with Crippen molar-refractivity contribution in [3.8, 4) is 0 Å². The van der Waals surface area contributed by atoms with Crippen LogP contribution in [0.1, 0.15) is 51.9 Å². The maximum absolute atomic E-state index is 9.98. The van der Waals surface area contributed by atoms with Gasteiger partial charge in [0, 0.05) is 5.97 Å². The average molecular weight is 438 g/mol. The van der Waals surface area contributed by atoms with E-state index in [0.29, 0.717) is 0 Å². The van der Waals surface area contributed by atoms with Crippen LogP contribution in [0.2, 0.25) is 0 Å². The Labute approximate surface area is 156 Å². The quantitative estimate of drug-likeness (QED) is 0.438. The molecule has 0 heterocycles. The Morgan fingerprint density at radius 2 is 1.25 bits per heavy atom. The van der Waals surface area contributed by atoms with Gasteiger partial charge in [-0.15, -0.1) is 0 Å². The van der Waals surface area contributed by atoms with Gasteiger partial charge in [-0.25, -0.2) is 0 Å². The maximum Gasteiger partial charge on any atom is 0.357 e. The van der Waals surface area contributed by atoms with Gasteiger partial charge < -0.3 is 9.90 Å². The number of aliphatic carboxylic acids is 1. The first kappa shape index (κ1) is 20.7. The molecule has 0 radical (unpaired) electrons. The minimum absolute atomic E-state index is 0.0287. The Morgan fingerprint density at radius 3 is 1.71 bits per heavy atom. The number of carbonyl (C=O) groups is 1. The lowest BCUT2D eigenvalue weighted by atomic mass is 10.1. The Hall–Kier alpha value is -1.36. The first-order valence-corrected chi connectivity index (χ1v) is 10.8. The lowest BCUT2D eigenvalue weighted by molar-refractivity contribution is -0.597. The third-order valence-electron chi connectivity index (χ3n) is 3.42. The van der Waals surface area contributed by atoms with Crippen LogP contribution in [0, 0.1) is 7.14 Å². The minimum Gasteiger partial charge on any atom is -0.550 e. The number of hydrogen-bond acceptors (Lipinski definition) is 2. The van der Waals surface area contributed by atoms with Crippen LogP contribution >= 0.6 is 0 Å². The van der Waals surface area contributed by atoms with Gasteiger partial charge in [0.2, 0.25) is 0 Å². The monoisotopic (exact) mass is 438 g/mol. The van der Waals surface area contributed by atoms with E-state index in [1.807, 2.05) is 0 Å². The summed E-state index contributed by atoms with van der Waals surface area (Å²) in [6.45, 7) is 2.17. The van der Waals surface area contributed by atoms with E-state index in [1.165, 1.54) is 32.8 Å². The summed E-state index contributed by atoms with van der Waals surface area (Å²) in [4.78, 5) is 9.98. The second-order valence-corrected chi connectivity index (χ2v) is 8.61. The van der Waals surface area contributed by atoms with Crippen LogP contribution in [0.25, 0.3) is 0 Å². The highest BCUT2D eigenvalue weighted by molar-refractivity contribution is 5.64. The molecule has 0 bridgehead atoms. The van der Waals surface area contributed by atoms with Crippen LogP contribution in [-0.4, -0.2) is 5.97 Å². The lowest BCUT2D eigenvalue weighted by Crippen LogP contribution is -3.61. The topological polar surface area (TPSA) is 40.1 Å². The highest BCUT2D eigenvalue weighted by atomic mass is 127. The molecule has 0 aromatic heterocycles. The molecule has 0 aliphatic rings. The predicted octanol–water partition coefficient (Wildman–Crippen LogP) is 1.30. The van der Waals surface area contributed by atoms with Gasteiger partial charge in [-0.05, 0) is 37.1 Å². The van der Waals surface area contributed by atoms with E-state index in [-0.39, 0.29) is 27.6 Å². The third kappa shape index (κ3) is 11.2. The summed E-state index contributed by atoms with van der Waals surface area (Å²) in [7, 11) is 0. The van der Waals surface area contributed by atoms with Crippen LogP contribution < -0.4 is 26.3 Å². The van der Waals surface area contributed by atoms with Gasteiger partial charge in [-0.2, -0.15) is 0 Å². The number of carboxylic acids is 1. The van der Waals surface area contributed by atoms with Crippen LogP contribution in [0.3, 0.4) is 0 Å². The molecule has 0 fully saturated rings. The van der Waals surface area contributed by atoms with Crippen LogP contribution in [0.4, 0.5) is 0 Å². The fraction of sp³-hybridized carbons (Fsp3) is 0.381. The number of benzene rings is 2. The first-order chi connectivity index (χ1) is 11.7. The third-order valence-corrected chi connectivity index (χ3v) is 6.10. The molecule has 0 unspecified atom stereocenters. The maximum atomic E-state index is 9.98. The molecular formula is C21H27IO2. The van der Waals surface area contributed by atoms with Crippen molar-refractivity contribution in [1.82, 2.24) is 0 Å². The predicted molar refractivity (Wildman–Crippen MR) is 93.3 cm³/mol. The SMILES string of the molecule is CCCCCCCCC(=O)[O-].c1ccc([I+]c2ccccc2)cc1. The fourth-order valence-corrected chi connectivity index (χ4v) is 4.40. The molecule has 3 heteroatoms. The average Bonchev–Trinajstić information content (AvgIpc) is 2.60. The second-order valence-electron chi connectivity index (χ2n) is 5.58. The molecule has 24 heavy (non-hydrogen) atoms. The zero-order valence-corrected chi connectivity index (χ0v) is 16.6. The second kappa shape index (κ2) is 14.0. The van der Waals surface area contributed by atoms with E-state index in [1.54, 1.807) is 0 Å². The number of carboxylic acid groups (broad SMARTS) is 1. The summed E-state index contributed by atoms with van der Waals surface area (Å²) in [5, 5.41) is 9.98. The number of halogens is 1. The van der Waals surface area contributed by atoms with E-state index in [4.69, 9.17) is 0 Å². The summed E-state index contributed by atoms with van der Waals surface area (Å²) in [5.74, 6) is -0.916. The van der Waals surface area contributed by atoms with Crippen molar-refractivity contribution in [2.24, 2.45) is 0 Å². The number of hydrogen-bond donors (Lipinski definition) is 0. The number of unbranched alkanes of at least 4 members (excludes halogenated alkanes) is 5. The fourth-order valence-electron chi connectivity index (χ4n) is 2.13. The normalized spacial score (nSPS) is 9.88. The van der Waals surface area contributed by atoms with Gasteiger partial charge in [0.1, 0.15) is 0 Å². The lowest BCUT2D eigenvalue weighted by Gasteiger charge is -2.00. The summed E-state index contributed by atoms with van der Waals surface area (Å²) < 4.78 is 2.96. The Balaban J connectivity index is 0.000000245. The van der Waals surface area contributed by atoms with Gasteiger partial charge in [0.25, 0.3) is 0 Å². The molecule has 2 nitrogen and oxygen atoms in total. The van der Waals surface area contributed by atoms with E-state index in [2.05, 4.69) is 67.6 Å². The molecule has 0 atom stereocenters. The standard InChI is InChI=1S/C12H10I.C9H18O2/c1-3-7-11(8-4-1)13-12-9-5-2-6-10-12;1-2-3-4-5-6-7-8-9(10)11/h1-10H;2-8H2,1H3,(H,10,11)/q+1;/p-1. The molecule has 0 amide bonds. The van der Waals surface area contributed by atoms with Crippen molar-refractivity contribution in [1.29, 1.82) is 0 Å². The molecule has 2 aromatic carbocycles. The molecule has 0 aliphatic carbocycles. The van der Waals surface area contributed by atoms with Gasteiger partial charge in [-0.3, -0.25) is 0 Å². The molecule has 0 spiro atoms. The largest absolute Gasteiger partial charge is 0.550 e. The van der Waals surface area contributed by atoms with Gasteiger partial charge in [0.15, 0.2) is 7.14 Å². The Bertz CT molecular complexity index is 503. The highest BCUT2D eigenvalue weighted by Crippen LogP contribution is 2.05. The molecule has 130 valence electrons. The zero-order chi connectivity index (χ0) is 17.5. The van der Waals surface area contributed by atoms with Crippen molar-refractivity contribution in [3.63, 3.8) is 0 Å². The molecule has 0 N–H and O–H groups in total. The smallest absolute Gasteiger partial charge is 0.357 e. The van der Waals surface area contributed by atoms with E-state index < -0.39 is 5.97 Å². The molecule has 2 aromatic rings. The van der Waals surface area contributed by atoms with Crippen LogP contribution in [0.15, 0.2) is 60.7 Å². The molecule has 0 saturated carbocycles. The van der Waals surface area contributed by atoms with Gasteiger partial charge in [-0.1, -0.05) is 75.4 Å². The number of rotatable bonds is 9. The van der Waals surface area contributed by atoms with E-state index in [0.717, 1.165) is 12.8 Å². The summed E-state index contributed by atoms with van der Waals surface area (Å²) in [6.07, 6.45) is 6.96. The van der Waals surface area contributed by atoms with Gasteiger partial charge >= 0.3 is 21.2 Å². The first-order valence-electron chi connectivity index (χ1n) is 8.67. The van der Waals surface area contributed by atoms with Crippen molar-refractivity contribution >= 4 is 5.97 Å². The summed E-state index contributed by atoms with van der Waals surface area (Å²) >= 11 is 0.0287. The Morgan fingerprint density at radius 1 is 0.792 bits per heavy atom. The Kier molecular flexibility index (Phi) is 12.1. The molecule has 2 rings (SSSR count).